The van der Waals surface area contributed by atoms with Crippen molar-refractivity contribution in [3.63, 3.8) is 0 Å². The van der Waals surface area contributed by atoms with Crippen LogP contribution in [0.3, 0.4) is 0 Å². The van der Waals surface area contributed by atoms with Crippen LogP contribution < -0.4 is 0 Å². The van der Waals surface area contributed by atoms with Crippen molar-refractivity contribution in [2.45, 2.75) is 103 Å². The van der Waals surface area contributed by atoms with Crippen molar-refractivity contribution in [1.29, 1.82) is 0 Å². The molecule has 4 saturated heterocycles. The number of hydrogen-bond donors (Lipinski definition) is 1. The number of carbonyl (C=O) groups excluding carboxylic acids is 2. The summed E-state index contributed by atoms with van der Waals surface area (Å²) in [5, 5.41) is 7.12. The number of aliphatic carboxylic acids is 1. The Balaban J connectivity index is 0.000000644. The summed E-state index contributed by atoms with van der Waals surface area (Å²) in [6.07, 6.45) is 6.17. The van der Waals surface area contributed by atoms with Crippen molar-refractivity contribution >= 4 is 18.0 Å². The van der Waals surface area contributed by atoms with Crippen molar-refractivity contribution in [3.8, 4) is 0 Å². The first kappa shape index (κ1) is 37.0. The van der Waals surface area contributed by atoms with E-state index in [1.807, 2.05) is 36.9 Å². The largest absolute Gasteiger partial charge is 0.490 e. The smallest absolute Gasteiger partial charge is 0.475 e. The quantitative estimate of drug-likeness (QED) is 0.358. The van der Waals surface area contributed by atoms with Gasteiger partial charge < -0.3 is 24.5 Å². The van der Waals surface area contributed by atoms with Gasteiger partial charge in [0.2, 0.25) is 0 Å². The number of unbranched alkanes of at least 4 members (excludes halogenated alkanes) is 1. The normalized spacial score (nSPS) is 22.9. The van der Waals surface area contributed by atoms with E-state index >= 15 is 0 Å². The maximum absolute atomic E-state index is 13.3. The van der Waals surface area contributed by atoms with Crippen LogP contribution in [0.25, 0.3) is 0 Å². The fourth-order valence-electron chi connectivity index (χ4n) is 7.78. The number of likely N-dealkylation sites (tertiary alicyclic amines) is 3. The molecule has 12 heteroatoms. The monoisotopic (exact) mass is 666 g/mol. The van der Waals surface area contributed by atoms with E-state index in [0.29, 0.717) is 12.0 Å². The number of aryl methyl sites for hydroxylation is 2. The first-order valence-corrected chi connectivity index (χ1v) is 17.4. The minimum atomic E-state index is -5.08. The zero-order valence-electron chi connectivity index (χ0n) is 28.3. The van der Waals surface area contributed by atoms with E-state index in [9.17, 15) is 22.8 Å². The van der Waals surface area contributed by atoms with Crippen LogP contribution >= 0.6 is 0 Å². The zero-order valence-corrected chi connectivity index (χ0v) is 28.3. The second kappa shape index (κ2) is 16.5. The average Bonchev–Trinajstić information content (AvgIpc) is 3.04. The fraction of sp³-hybridized carbons (Fsp3) is 0.743. The molecule has 4 heterocycles. The van der Waals surface area contributed by atoms with Gasteiger partial charge in [0.1, 0.15) is 5.60 Å². The molecule has 0 radical (unpaired) electrons. The molecule has 0 saturated carbocycles. The van der Waals surface area contributed by atoms with Gasteiger partial charge in [-0.1, -0.05) is 44.4 Å². The van der Waals surface area contributed by atoms with Gasteiger partial charge in [0.05, 0.1) is 0 Å². The molecule has 0 bridgehead atoms. The first-order valence-electron chi connectivity index (χ1n) is 17.4. The van der Waals surface area contributed by atoms with Gasteiger partial charge in [0.25, 0.3) is 5.91 Å². The third-order valence-electron chi connectivity index (χ3n) is 10.6. The molecule has 4 fully saturated rings. The second-order valence-corrected chi connectivity index (χ2v) is 13.7. The van der Waals surface area contributed by atoms with Crippen LogP contribution in [-0.2, 0) is 9.53 Å². The van der Waals surface area contributed by atoms with Gasteiger partial charge in [-0.05, 0) is 70.2 Å². The molecule has 264 valence electrons. The molecule has 4 aliphatic rings. The summed E-state index contributed by atoms with van der Waals surface area (Å²) in [7, 11) is 0. The lowest BCUT2D eigenvalue weighted by atomic mass is 9.75. The summed E-state index contributed by atoms with van der Waals surface area (Å²) in [5.41, 5.74) is 2.71. The van der Waals surface area contributed by atoms with Crippen molar-refractivity contribution in [2.75, 3.05) is 58.9 Å². The maximum atomic E-state index is 13.3. The van der Waals surface area contributed by atoms with Crippen LogP contribution in [0.4, 0.5) is 18.0 Å². The molecule has 9 nitrogen and oxygen atoms in total. The third-order valence-corrected chi connectivity index (χ3v) is 10.6. The van der Waals surface area contributed by atoms with Crippen molar-refractivity contribution in [2.24, 2.45) is 5.92 Å². The van der Waals surface area contributed by atoms with E-state index in [-0.39, 0.29) is 17.6 Å². The van der Waals surface area contributed by atoms with Crippen LogP contribution in [-0.4, -0.2) is 119 Å². The predicted octanol–water partition coefficient (Wildman–Crippen LogP) is 6.12. The number of carboxylic acids is 1. The molecule has 1 N–H and O–H groups in total. The predicted molar refractivity (Wildman–Crippen MR) is 173 cm³/mol. The maximum Gasteiger partial charge on any atom is 0.490 e. The summed E-state index contributed by atoms with van der Waals surface area (Å²) in [6.45, 7) is 14.9. The Morgan fingerprint density at radius 1 is 0.957 bits per heavy atom. The van der Waals surface area contributed by atoms with Crippen molar-refractivity contribution < 1.29 is 37.4 Å². The lowest BCUT2D eigenvalue weighted by molar-refractivity contribution is -0.192. The number of alkyl halides is 3. The van der Waals surface area contributed by atoms with Crippen molar-refractivity contribution in [1.82, 2.24) is 19.6 Å². The summed E-state index contributed by atoms with van der Waals surface area (Å²) in [6, 6.07) is 6.61. The Labute approximate surface area is 277 Å². The second-order valence-electron chi connectivity index (χ2n) is 13.7. The number of amides is 2. The van der Waals surface area contributed by atoms with E-state index in [1.54, 1.807) is 0 Å². The summed E-state index contributed by atoms with van der Waals surface area (Å²) < 4.78 is 38.2. The van der Waals surface area contributed by atoms with E-state index in [2.05, 4.69) is 21.6 Å². The lowest BCUT2D eigenvalue weighted by Crippen LogP contribution is -2.61. The summed E-state index contributed by atoms with van der Waals surface area (Å²) in [4.78, 5) is 44.6. The Bertz CT molecular complexity index is 1190. The molecular weight excluding hydrogens is 613 g/mol. The van der Waals surface area contributed by atoms with E-state index in [1.165, 1.54) is 45.2 Å². The van der Waals surface area contributed by atoms with E-state index in [0.717, 1.165) is 94.6 Å². The minimum absolute atomic E-state index is 0.0865. The van der Waals surface area contributed by atoms with E-state index < -0.39 is 12.1 Å². The average molecular weight is 667 g/mol. The number of piperidine rings is 3. The standard InChI is InChI=1S/C33H52N4O3.C2HF3O2/c1-4-5-12-28-25-37(24-23-34-17-7-6-8-18-34)32(39)40-33(28)15-21-35(22-16-33)29-13-19-36(20-14-29)31(38)30-26(2)10-9-11-27(30)3;3-2(4,5)1(6)7/h9-11,28-29H,4-8,12-25H2,1-3H3;(H,6,7). The molecule has 1 aromatic carbocycles. The van der Waals surface area contributed by atoms with Crippen LogP contribution in [0, 0.1) is 19.8 Å². The molecule has 47 heavy (non-hydrogen) atoms. The third kappa shape index (κ3) is 9.62. The molecule has 0 aliphatic carbocycles. The Kier molecular flexibility index (Phi) is 13.0. The van der Waals surface area contributed by atoms with Gasteiger partial charge in [-0.25, -0.2) is 9.59 Å². The highest BCUT2D eigenvalue weighted by Crippen LogP contribution is 2.41. The van der Waals surface area contributed by atoms with Gasteiger partial charge in [0, 0.05) is 76.2 Å². The van der Waals surface area contributed by atoms with E-state index in [4.69, 9.17) is 14.6 Å². The van der Waals surface area contributed by atoms with Crippen molar-refractivity contribution in [3.05, 3.63) is 34.9 Å². The van der Waals surface area contributed by atoms with Crippen LogP contribution in [0.5, 0.6) is 0 Å². The Morgan fingerprint density at radius 3 is 2.11 bits per heavy atom. The summed E-state index contributed by atoms with van der Waals surface area (Å²) in [5.74, 6) is -2.15. The molecule has 2 amide bonds. The van der Waals surface area contributed by atoms with Gasteiger partial charge >= 0.3 is 18.2 Å². The molecule has 0 aromatic heterocycles. The topological polar surface area (TPSA) is 93.6 Å². The number of halogens is 3. The number of carbonyl (C=O) groups is 3. The molecule has 4 aliphatic heterocycles. The number of benzene rings is 1. The highest BCUT2D eigenvalue weighted by atomic mass is 19.4. The summed E-state index contributed by atoms with van der Waals surface area (Å²) >= 11 is 0. The van der Waals surface area contributed by atoms with Gasteiger partial charge in [-0.3, -0.25) is 9.69 Å². The first-order chi connectivity index (χ1) is 22.3. The lowest BCUT2D eigenvalue weighted by Gasteiger charge is -2.52. The Hall–Kier alpha value is -2.86. The highest BCUT2D eigenvalue weighted by Gasteiger charge is 2.50. The number of ether oxygens (including phenoxy) is 1. The SMILES string of the molecule is CCCCC1CN(CCN2CCCCC2)C(=O)OC12CCN(C1CCN(C(=O)c3c(C)cccc3C)CC1)CC2.O=C(O)C(F)(F)F. The highest BCUT2D eigenvalue weighted by molar-refractivity contribution is 5.97. The molecule has 5 rings (SSSR count). The molecule has 1 spiro atoms. The van der Waals surface area contributed by atoms with Crippen LogP contribution in [0.2, 0.25) is 0 Å². The van der Waals surface area contributed by atoms with Gasteiger partial charge in [0.15, 0.2) is 0 Å². The number of nitrogens with zero attached hydrogens (tertiary/aromatic N) is 4. The molecule has 1 atom stereocenters. The van der Waals surface area contributed by atoms with Gasteiger partial charge in [-0.15, -0.1) is 0 Å². The van der Waals surface area contributed by atoms with Gasteiger partial charge in [-0.2, -0.15) is 13.2 Å². The number of hydrogen-bond acceptors (Lipinski definition) is 6. The zero-order chi connectivity index (χ0) is 34.2. The number of rotatable bonds is 8. The Morgan fingerprint density at radius 2 is 1.55 bits per heavy atom. The number of carboxylic acid groups (broad SMARTS) is 1. The molecular formula is C35H53F3N4O5. The molecule has 1 unspecified atom stereocenters. The fourth-order valence-corrected chi connectivity index (χ4v) is 7.78. The molecule has 1 aromatic rings. The minimum Gasteiger partial charge on any atom is -0.475 e. The van der Waals surface area contributed by atoms with Crippen LogP contribution in [0.15, 0.2) is 18.2 Å². The van der Waals surface area contributed by atoms with Crippen LogP contribution in [0.1, 0.15) is 92.6 Å².